The zero-order chi connectivity index (χ0) is 26.2. The molecule has 0 aliphatic heterocycles. The van der Waals surface area contributed by atoms with E-state index in [1.54, 1.807) is 24.3 Å². The normalized spacial score (nSPS) is 13.2. The maximum Gasteiger partial charge on any atom is 0.338 e. The van der Waals surface area contributed by atoms with Crippen molar-refractivity contribution >= 4 is 43.2 Å². The minimum atomic E-state index is -3.90. The van der Waals surface area contributed by atoms with Gasteiger partial charge in [0, 0.05) is 11.9 Å². The van der Waals surface area contributed by atoms with Crippen LogP contribution in [-0.2, 0) is 34.2 Å². The third-order valence-electron chi connectivity index (χ3n) is 6.39. The Bertz CT molecular complexity index is 1640. The molecule has 1 aliphatic rings. The monoisotopic (exact) mass is 539 g/mol. The number of carbonyl (C=O) groups is 1. The highest BCUT2D eigenvalue weighted by Gasteiger charge is 2.24. The molecule has 0 saturated heterocycles. The maximum atomic E-state index is 13.1. The molecule has 2 aromatic heterocycles. The number of nitrogens with zero attached hydrogens (tertiary/aromatic N) is 2. The summed E-state index contributed by atoms with van der Waals surface area (Å²) in [5.41, 5.74) is 1.44. The number of thiophene rings is 1. The highest BCUT2D eigenvalue weighted by Crippen LogP contribution is 2.34. The molecular formula is C26H25N3O6S2. The van der Waals surface area contributed by atoms with E-state index in [9.17, 15) is 18.0 Å². The fourth-order valence-corrected chi connectivity index (χ4v) is 6.92. The second kappa shape index (κ2) is 9.98. The summed E-state index contributed by atoms with van der Waals surface area (Å²) in [4.78, 5) is 34.4. The van der Waals surface area contributed by atoms with Crippen LogP contribution in [0.3, 0.4) is 0 Å². The van der Waals surface area contributed by atoms with E-state index < -0.39 is 16.0 Å². The number of aromatic amines is 1. The third kappa shape index (κ3) is 4.72. The van der Waals surface area contributed by atoms with Gasteiger partial charge in [0.15, 0.2) is 0 Å². The number of ether oxygens (including phenoxy) is 2. The molecule has 1 N–H and O–H groups in total. The summed E-state index contributed by atoms with van der Waals surface area (Å²) in [7, 11) is -0.993. The first kappa shape index (κ1) is 25.0. The predicted molar refractivity (Wildman–Crippen MR) is 141 cm³/mol. The first-order valence-corrected chi connectivity index (χ1v) is 14.0. The molecule has 37 heavy (non-hydrogen) atoms. The van der Waals surface area contributed by atoms with E-state index >= 15 is 0 Å². The number of aromatic nitrogens is 2. The van der Waals surface area contributed by atoms with E-state index in [0.29, 0.717) is 21.7 Å². The summed E-state index contributed by atoms with van der Waals surface area (Å²) in [6.07, 6.45) is 4.02. The van der Waals surface area contributed by atoms with Crippen molar-refractivity contribution in [1.82, 2.24) is 9.97 Å². The van der Waals surface area contributed by atoms with Gasteiger partial charge in [-0.1, -0.05) is 12.1 Å². The molecule has 11 heteroatoms. The molecule has 0 atom stereocenters. The fourth-order valence-electron chi connectivity index (χ4n) is 4.43. The molecule has 0 saturated carbocycles. The summed E-state index contributed by atoms with van der Waals surface area (Å²) in [5, 5.41) is 0.643. The van der Waals surface area contributed by atoms with Gasteiger partial charge in [-0.2, -0.15) is 0 Å². The molecule has 2 heterocycles. The standard InChI is InChI=1S/C26H25N3O6S2/c1-29(19-8-4-5-9-20(19)34-2)37(32,33)17-13-11-16(12-14-17)26(31)35-15-22-27-24(30)23-18-7-3-6-10-21(18)36-25(23)28-22/h4-5,8-9,11-14H,3,6-7,10,15H2,1-2H3,(H,27,28,30). The van der Waals surface area contributed by atoms with E-state index in [1.807, 2.05) is 0 Å². The summed E-state index contributed by atoms with van der Waals surface area (Å²) >= 11 is 1.53. The van der Waals surface area contributed by atoms with Gasteiger partial charge in [-0.25, -0.2) is 18.2 Å². The van der Waals surface area contributed by atoms with Gasteiger partial charge in [0.2, 0.25) is 0 Å². The van der Waals surface area contributed by atoms with Crippen molar-refractivity contribution in [3.05, 3.63) is 80.7 Å². The number of fused-ring (bicyclic) bond motifs is 3. The second-order valence-electron chi connectivity index (χ2n) is 8.65. The van der Waals surface area contributed by atoms with Crippen molar-refractivity contribution in [2.45, 2.75) is 37.2 Å². The molecule has 9 nitrogen and oxygen atoms in total. The van der Waals surface area contributed by atoms with Crippen LogP contribution in [0, 0.1) is 0 Å². The number of hydrogen-bond donors (Lipinski definition) is 1. The van der Waals surface area contributed by atoms with Gasteiger partial charge in [-0.15, -0.1) is 11.3 Å². The van der Waals surface area contributed by atoms with Crippen LogP contribution in [0.25, 0.3) is 10.2 Å². The number of para-hydroxylation sites is 2. The molecule has 192 valence electrons. The number of carbonyl (C=O) groups excluding carboxylic acids is 1. The topological polar surface area (TPSA) is 119 Å². The quantitative estimate of drug-likeness (QED) is 0.352. The number of esters is 1. The molecular weight excluding hydrogens is 514 g/mol. The van der Waals surface area contributed by atoms with Crippen LogP contribution in [0.1, 0.15) is 39.5 Å². The highest BCUT2D eigenvalue weighted by molar-refractivity contribution is 7.92. The number of anilines is 1. The molecule has 1 aliphatic carbocycles. The highest BCUT2D eigenvalue weighted by atomic mass is 32.2. The zero-order valence-corrected chi connectivity index (χ0v) is 21.9. The van der Waals surface area contributed by atoms with Gasteiger partial charge in [0.05, 0.1) is 28.6 Å². The van der Waals surface area contributed by atoms with Crippen molar-refractivity contribution in [3.8, 4) is 5.75 Å². The van der Waals surface area contributed by atoms with Gasteiger partial charge < -0.3 is 14.5 Å². The van der Waals surface area contributed by atoms with E-state index in [4.69, 9.17) is 9.47 Å². The number of benzene rings is 2. The minimum Gasteiger partial charge on any atom is -0.495 e. The molecule has 0 fully saturated rings. The first-order chi connectivity index (χ1) is 17.8. The predicted octanol–water partition coefficient (Wildman–Crippen LogP) is 4.05. The Kier molecular flexibility index (Phi) is 6.74. The molecule has 0 spiro atoms. The number of hydrogen-bond acceptors (Lipinski definition) is 8. The smallest absolute Gasteiger partial charge is 0.338 e. The lowest BCUT2D eigenvalue weighted by atomic mass is 9.97. The van der Waals surface area contributed by atoms with Gasteiger partial charge >= 0.3 is 5.97 Å². The van der Waals surface area contributed by atoms with Crippen molar-refractivity contribution in [2.75, 3.05) is 18.5 Å². The molecule has 2 aromatic carbocycles. The number of methoxy groups -OCH3 is 1. The fraction of sp³-hybridized carbons (Fsp3) is 0.269. The van der Waals surface area contributed by atoms with Crippen LogP contribution in [0.2, 0.25) is 0 Å². The zero-order valence-electron chi connectivity index (χ0n) is 20.3. The Balaban J connectivity index is 1.30. The van der Waals surface area contributed by atoms with Gasteiger partial charge in [-0.3, -0.25) is 9.10 Å². The van der Waals surface area contributed by atoms with Gasteiger partial charge in [-0.05, 0) is 67.6 Å². The van der Waals surface area contributed by atoms with Crippen LogP contribution in [0.5, 0.6) is 5.75 Å². The van der Waals surface area contributed by atoms with Crippen LogP contribution < -0.4 is 14.6 Å². The van der Waals surface area contributed by atoms with Crippen LogP contribution in [0.15, 0.2) is 58.2 Å². The summed E-state index contributed by atoms with van der Waals surface area (Å²) < 4.78 is 38.0. The second-order valence-corrected chi connectivity index (χ2v) is 11.7. The van der Waals surface area contributed by atoms with Crippen LogP contribution in [-0.4, -0.2) is 38.5 Å². The van der Waals surface area contributed by atoms with Crippen molar-refractivity contribution in [1.29, 1.82) is 0 Å². The number of aryl methyl sites for hydroxylation is 2. The molecule has 0 amide bonds. The average molecular weight is 540 g/mol. The largest absolute Gasteiger partial charge is 0.495 e. The Hall–Kier alpha value is -3.70. The molecule has 5 rings (SSSR count). The summed E-state index contributed by atoms with van der Waals surface area (Å²) in [5.74, 6) is 0.0265. The molecule has 4 aromatic rings. The Morgan fingerprint density at radius 1 is 1.11 bits per heavy atom. The van der Waals surface area contributed by atoms with Crippen molar-refractivity contribution < 1.29 is 22.7 Å². The molecule has 0 unspecified atom stereocenters. The van der Waals surface area contributed by atoms with E-state index in [1.165, 1.54) is 54.6 Å². The van der Waals surface area contributed by atoms with Crippen molar-refractivity contribution in [3.63, 3.8) is 0 Å². The third-order valence-corrected chi connectivity index (χ3v) is 9.36. The van der Waals surface area contributed by atoms with E-state index in [-0.39, 0.29) is 28.4 Å². The summed E-state index contributed by atoms with van der Waals surface area (Å²) in [6.45, 7) is -0.205. The van der Waals surface area contributed by atoms with Crippen LogP contribution >= 0.6 is 11.3 Å². The molecule has 0 radical (unpaired) electrons. The Morgan fingerprint density at radius 2 is 1.84 bits per heavy atom. The first-order valence-electron chi connectivity index (χ1n) is 11.7. The number of H-pyrrole nitrogens is 1. The van der Waals surface area contributed by atoms with E-state index in [0.717, 1.165) is 35.6 Å². The maximum absolute atomic E-state index is 13.1. The van der Waals surface area contributed by atoms with Gasteiger partial charge in [0.1, 0.15) is 23.0 Å². The van der Waals surface area contributed by atoms with Gasteiger partial charge in [0.25, 0.3) is 15.6 Å². The lowest BCUT2D eigenvalue weighted by molar-refractivity contribution is 0.0462. The lowest BCUT2D eigenvalue weighted by Crippen LogP contribution is -2.27. The molecule has 0 bridgehead atoms. The minimum absolute atomic E-state index is 0.00978. The van der Waals surface area contributed by atoms with Crippen molar-refractivity contribution in [2.24, 2.45) is 0 Å². The Labute approximate surface area is 217 Å². The van der Waals surface area contributed by atoms with E-state index in [2.05, 4.69) is 9.97 Å². The number of nitrogens with one attached hydrogen (secondary N) is 1. The van der Waals surface area contributed by atoms with Crippen LogP contribution in [0.4, 0.5) is 5.69 Å². The number of sulfonamides is 1. The lowest BCUT2D eigenvalue weighted by Gasteiger charge is -2.21. The number of rotatable bonds is 7. The Morgan fingerprint density at radius 3 is 2.59 bits per heavy atom. The summed E-state index contributed by atoms with van der Waals surface area (Å²) in [6, 6.07) is 12.3. The SMILES string of the molecule is COc1ccccc1N(C)S(=O)(=O)c1ccc(C(=O)OCc2nc3sc4c(c3c(=O)[nH]2)CCCC4)cc1. The average Bonchev–Trinajstić information content (AvgIpc) is 3.30.